The van der Waals surface area contributed by atoms with Gasteiger partial charge in [0.05, 0.1) is 17.3 Å². The molecule has 5 heteroatoms. The molecule has 2 rings (SSSR count). The number of fused-ring (bicyclic) bond motifs is 1. The van der Waals surface area contributed by atoms with Crippen LogP contribution in [0, 0.1) is 6.92 Å². The van der Waals surface area contributed by atoms with Gasteiger partial charge in [-0.15, -0.1) is 0 Å². The number of aryl methyl sites for hydroxylation is 1. The van der Waals surface area contributed by atoms with Crippen LogP contribution in [0.25, 0.3) is 10.9 Å². The van der Waals surface area contributed by atoms with Crippen molar-refractivity contribution >= 4 is 54.4 Å². The molecule has 1 heterocycles. The van der Waals surface area contributed by atoms with Gasteiger partial charge in [-0.2, -0.15) is 0 Å². The molecule has 0 N–H and O–H groups in total. The third kappa shape index (κ3) is 1.94. The average molecular weight is 365 g/mol. The van der Waals surface area contributed by atoms with E-state index in [9.17, 15) is 0 Å². The highest BCUT2D eigenvalue weighted by molar-refractivity contribution is 9.13. The Hall–Kier alpha value is -0.320. The van der Waals surface area contributed by atoms with Crippen LogP contribution in [0.4, 0.5) is 0 Å². The first-order valence-electron chi connectivity index (χ1n) is 4.53. The fourth-order valence-corrected chi connectivity index (χ4v) is 2.61. The molecule has 2 aromatic rings. The molecule has 0 aliphatic carbocycles. The Morgan fingerprint density at radius 1 is 1.25 bits per heavy atom. The van der Waals surface area contributed by atoms with Crippen molar-refractivity contribution < 1.29 is 4.74 Å². The van der Waals surface area contributed by atoms with Crippen molar-refractivity contribution in [1.82, 2.24) is 4.98 Å². The van der Waals surface area contributed by atoms with Gasteiger partial charge in [-0.25, -0.2) is 4.98 Å². The van der Waals surface area contributed by atoms with Gasteiger partial charge in [0.2, 0.25) is 0 Å². The smallest absolute Gasteiger partial charge is 0.146 e. The summed E-state index contributed by atoms with van der Waals surface area (Å²) < 4.78 is 7.15. The Morgan fingerprint density at radius 2 is 1.94 bits per heavy atom. The molecule has 0 fully saturated rings. The lowest BCUT2D eigenvalue weighted by molar-refractivity contribution is 0.419. The molecule has 0 radical (unpaired) electrons. The zero-order chi connectivity index (χ0) is 11.9. The topological polar surface area (TPSA) is 22.1 Å². The molecule has 0 amide bonds. The summed E-state index contributed by atoms with van der Waals surface area (Å²) in [6.07, 6.45) is 0. The van der Waals surface area contributed by atoms with Gasteiger partial charge < -0.3 is 4.74 Å². The van der Waals surface area contributed by atoms with Crippen LogP contribution in [0.3, 0.4) is 0 Å². The van der Waals surface area contributed by atoms with E-state index in [1.165, 1.54) is 0 Å². The van der Waals surface area contributed by atoms with E-state index < -0.39 is 0 Å². The SMILES string of the molecule is COc1cc(Cl)cc2c(Br)c(Br)c(C)nc12. The number of nitrogens with zero attached hydrogens (tertiary/aromatic N) is 1. The van der Waals surface area contributed by atoms with E-state index in [-0.39, 0.29) is 0 Å². The molecule has 0 unspecified atom stereocenters. The molecule has 0 atom stereocenters. The van der Waals surface area contributed by atoms with Crippen molar-refractivity contribution in [2.75, 3.05) is 7.11 Å². The van der Waals surface area contributed by atoms with E-state index in [0.29, 0.717) is 10.8 Å². The zero-order valence-electron chi connectivity index (χ0n) is 8.64. The third-order valence-electron chi connectivity index (χ3n) is 2.29. The second kappa shape index (κ2) is 4.51. The van der Waals surface area contributed by atoms with E-state index in [0.717, 1.165) is 25.5 Å². The number of methoxy groups -OCH3 is 1. The predicted octanol–water partition coefficient (Wildman–Crippen LogP) is 4.73. The molecule has 0 saturated heterocycles. The zero-order valence-corrected chi connectivity index (χ0v) is 12.6. The Morgan fingerprint density at radius 3 is 2.56 bits per heavy atom. The van der Waals surface area contributed by atoms with E-state index in [1.807, 2.05) is 13.0 Å². The van der Waals surface area contributed by atoms with Crippen molar-refractivity contribution in [3.05, 3.63) is 31.8 Å². The second-order valence-corrected chi connectivity index (χ2v) is 5.35. The molecule has 1 aromatic heterocycles. The summed E-state index contributed by atoms with van der Waals surface area (Å²) in [4.78, 5) is 4.49. The highest BCUT2D eigenvalue weighted by atomic mass is 79.9. The summed E-state index contributed by atoms with van der Waals surface area (Å²) in [7, 11) is 1.61. The van der Waals surface area contributed by atoms with Crippen molar-refractivity contribution in [3.63, 3.8) is 0 Å². The van der Waals surface area contributed by atoms with Gasteiger partial charge in [-0.1, -0.05) is 11.6 Å². The number of hydrogen-bond acceptors (Lipinski definition) is 2. The molecule has 16 heavy (non-hydrogen) atoms. The molecule has 2 nitrogen and oxygen atoms in total. The minimum absolute atomic E-state index is 0.627. The molecule has 0 bridgehead atoms. The van der Waals surface area contributed by atoms with Crippen molar-refractivity contribution in [3.8, 4) is 5.75 Å². The summed E-state index contributed by atoms with van der Waals surface area (Å²) in [5.74, 6) is 0.679. The first-order chi connectivity index (χ1) is 7.54. The highest BCUT2D eigenvalue weighted by Gasteiger charge is 2.12. The molecule has 1 aromatic carbocycles. The van der Waals surface area contributed by atoms with Gasteiger partial charge in [-0.05, 0) is 44.8 Å². The van der Waals surface area contributed by atoms with Crippen LogP contribution in [0.2, 0.25) is 5.02 Å². The Kier molecular flexibility index (Phi) is 3.42. The largest absolute Gasteiger partial charge is 0.494 e. The number of ether oxygens (including phenoxy) is 1. The fraction of sp³-hybridized carbons (Fsp3) is 0.182. The first kappa shape index (κ1) is 12.1. The summed E-state index contributed by atoms with van der Waals surface area (Å²) in [6, 6.07) is 3.62. The number of halogens is 3. The Balaban J connectivity index is 2.94. The fourth-order valence-electron chi connectivity index (χ4n) is 1.51. The summed E-state index contributed by atoms with van der Waals surface area (Å²) >= 11 is 13.0. The number of pyridine rings is 1. The number of rotatable bonds is 1. The molecule has 84 valence electrons. The normalized spacial score (nSPS) is 10.8. The first-order valence-corrected chi connectivity index (χ1v) is 6.50. The van der Waals surface area contributed by atoms with Crippen LogP contribution in [-0.4, -0.2) is 12.1 Å². The maximum absolute atomic E-state index is 6.02. The van der Waals surface area contributed by atoms with Gasteiger partial charge in [0.1, 0.15) is 11.3 Å². The van der Waals surface area contributed by atoms with Gasteiger partial charge in [-0.3, -0.25) is 0 Å². The molecule has 0 aliphatic rings. The Labute approximate surface area is 115 Å². The van der Waals surface area contributed by atoms with Gasteiger partial charge in [0, 0.05) is 20.9 Å². The monoisotopic (exact) mass is 363 g/mol. The summed E-state index contributed by atoms with van der Waals surface area (Å²) in [5.41, 5.74) is 1.71. The van der Waals surface area contributed by atoms with Gasteiger partial charge >= 0.3 is 0 Å². The maximum atomic E-state index is 6.02. The van der Waals surface area contributed by atoms with Crippen LogP contribution in [-0.2, 0) is 0 Å². The third-order valence-corrected chi connectivity index (χ3v) is 4.83. The van der Waals surface area contributed by atoms with Crippen LogP contribution in [0.1, 0.15) is 5.69 Å². The van der Waals surface area contributed by atoms with E-state index in [4.69, 9.17) is 16.3 Å². The number of aromatic nitrogens is 1. The van der Waals surface area contributed by atoms with Crippen molar-refractivity contribution in [2.45, 2.75) is 6.92 Å². The van der Waals surface area contributed by atoms with Crippen LogP contribution < -0.4 is 4.74 Å². The minimum atomic E-state index is 0.627. The number of hydrogen-bond donors (Lipinski definition) is 0. The summed E-state index contributed by atoms with van der Waals surface area (Å²) in [5, 5.41) is 1.56. The predicted molar refractivity (Wildman–Crippen MR) is 73.4 cm³/mol. The Bertz CT molecular complexity index is 572. The van der Waals surface area contributed by atoms with Crippen molar-refractivity contribution in [2.24, 2.45) is 0 Å². The molecular formula is C11H8Br2ClNO. The van der Waals surface area contributed by atoms with E-state index >= 15 is 0 Å². The quantitative estimate of drug-likeness (QED) is 0.729. The summed E-state index contributed by atoms with van der Waals surface area (Å²) in [6.45, 7) is 1.93. The van der Waals surface area contributed by atoms with E-state index in [1.54, 1.807) is 13.2 Å². The van der Waals surface area contributed by atoms with Gasteiger partial charge in [0.15, 0.2) is 0 Å². The van der Waals surface area contributed by atoms with Gasteiger partial charge in [0.25, 0.3) is 0 Å². The lowest BCUT2D eigenvalue weighted by atomic mass is 10.2. The highest BCUT2D eigenvalue weighted by Crippen LogP contribution is 2.37. The number of benzene rings is 1. The van der Waals surface area contributed by atoms with Crippen molar-refractivity contribution in [1.29, 1.82) is 0 Å². The van der Waals surface area contributed by atoms with Crippen LogP contribution in [0.15, 0.2) is 21.1 Å². The molecular weight excluding hydrogens is 357 g/mol. The van der Waals surface area contributed by atoms with E-state index in [2.05, 4.69) is 36.8 Å². The van der Waals surface area contributed by atoms with Crippen LogP contribution in [0.5, 0.6) is 5.75 Å². The molecule has 0 aliphatic heterocycles. The van der Waals surface area contributed by atoms with Crippen LogP contribution >= 0.6 is 43.5 Å². The molecule has 0 spiro atoms. The molecule has 0 saturated carbocycles. The second-order valence-electron chi connectivity index (χ2n) is 3.33. The standard InChI is InChI=1S/C11H8Br2ClNO/c1-5-9(12)10(13)7-3-6(14)4-8(16-2)11(7)15-5/h3-4H,1-2H3. The minimum Gasteiger partial charge on any atom is -0.494 e. The maximum Gasteiger partial charge on any atom is 0.146 e. The average Bonchev–Trinajstić information content (AvgIpc) is 2.26. The lowest BCUT2D eigenvalue weighted by Crippen LogP contribution is -1.92. The lowest BCUT2D eigenvalue weighted by Gasteiger charge is -2.10.